The summed E-state index contributed by atoms with van der Waals surface area (Å²) < 4.78 is 4.23. The van der Waals surface area contributed by atoms with Gasteiger partial charge in [0, 0.05) is 94.0 Å². The fraction of sp³-hybridized carbons (Fsp3) is 0.348. The van der Waals surface area contributed by atoms with Gasteiger partial charge in [0.25, 0.3) is 0 Å². The third-order valence-corrected chi connectivity index (χ3v) is 12.8. The number of aryl methyl sites for hydroxylation is 2. The molecule has 3 unspecified atom stereocenters. The minimum atomic E-state index is 0.0621. The average Bonchev–Trinajstić information content (AvgIpc) is 4.04. The number of fused-ring (bicyclic) bond motifs is 5. The summed E-state index contributed by atoms with van der Waals surface area (Å²) in [5.74, 6) is 3.06. The first-order valence-corrected chi connectivity index (χ1v) is 20.5. The molecule has 0 radical (unpaired) electrons. The topological polar surface area (TPSA) is 144 Å². The van der Waals surface area contributed by atoms with Crippen molar-refractivity contribution in [3.63, 3.8) is 0 Å². The number of phenols is 1. The van der Waals surface area contributed by atoms with E-state index in [1.165, 1.54) is 0 Å². The van der Waals surface area contributed by atoms with Crippen LogP contribution in [0.3, 0.4) is 0 Å². The number of nitriles is 1. The summed E-state index contributed by atoms with van der Waals surface area (Å²) in [6, 6.07) is 23.0. The molecular weight excluding hydrogens is 739 g/mol. The van der Waals surface area contributed by atoms with Crippen molar-refractivity contribution in [3.05, 3.63) is 90.6 Å². The summed E-state index contributed by atoms with van der Waals surface area (Å²) in [6.07, 6.45) is 8.35. The maximum absolute atomic E-state index is 13.1. The number of carbonyl (C=O) groups excluding carboxylic acids is 1. The molecule has 4 fully saturated rings. The molecule has 3 aliphatic heterocycles. The first-order chi connectivity index (χ1) is 28.7. The summed E-state index contributed by atoms with van der Waals surface area (Å²) in [4.78, 5) is 35.1. The Bertz CT molecular complexity index is 2800. The van der Waals surface area contributed by atoms with Crippen LogP contribution in [0.1, 0.15) is 36.7 Å². The zero-order chi connectivity index (χ0) is 40.5. The fourth-order valence-electron chi connectivity index (χ4n) is 9.58. The van der Waals surface area contributed by atoms with Gasteiger partial charge in [-0.25, -0.2) is 19.6 Å². The Morgan fingerprint density at radius 2 is 1.81 bits per heavy atom. The van der Waals surface area contributed by atoms with Gasteiger partial charge in [0.2, 0.25) is 5.91 Å². The van der Waals surface area contributed by atoms with Gasteiger partial charge in [-0.1, -0.05) is 30.3 Å². The molecule has 2 N–H and O–H groups in total. The van der Waals surface area contributed by atoms with Crippen molar-refractivity contribution in [1.29, 1.82) is 5.26 Å². The van der Waals surface area contributed by atoms with E-state index in [-0.39, 0.29) is 17.7 Å². The first kappa shape index (κ1) is 36.9. The number of amides is 1. The molecule has 1 saturated carbocycles. The van der Waals surface area contributed by atoms with Crippen LogP contribution in [0.4, 0.5) is 5.82 Å². The molecule has 3 aromatic carbocycles. The lowest BCUT2D eigenvalue weighted by molar-refractivity contribution is -0.128. The van der Waals surface area contributed by atoms with Gasteiger partial charge in [0.05, 0.1) is 29.3 Å². The van der Waals surface area contributed by atoms with Crippen LogP contribution in [0.15, 0.2) is 79.3 Å². The van der Waals surface area contributed by atoms with Crippen LogP contribution in [0, 0.1) is 17.2 Å². The van der Waals surface area contributed by atoms with E-state index in [1.807, 2.05) is 54.9 Å². The van der Waals surface area contributed by atoms with E-state index in [9.17, 15) is 15.2 Å². The van der Waals surface area contributed by atoms with E-state index in [0.29, 0.717) is 49.5 Å². The molecule has 298 valence electrons. The molecule has 11 rings (SSSR count). The smallest absolute Gasteiger partial charge is 0.222 e. The highest BCUT2D eigenvalue weighted by atomic mass is 16.3. The molecule has 7 heterocycles. The SMILES string of the molecule is CN(C)C(=O)CCc1nc2c(N3CC(N(C)C)C3)nc3c(-c4cnn(-c5ccccn5)c4)c(-c4cc(O)cc5ccccc45)c(CCC#N)cc3c2n1C1C2CNC1C2. The number of nitrogens with one attached hydrogen (secondary N) is 1. The summed E-state index contributed by atoms with van der Waals surface area (Å²) in [6.45, 7) is 2.54. The molecule has 3 saturated heterocycles. The number of anilines is 1. The number of carbonyl (C=O) groups is 1. The Kier molecular flexibility index (Phi) is 9.07. The van der Waals surface area contributed by atoms with Crippen molar-refractivity contribution in [2.24, 2.45) is 5.92 Å². The summed E-state index contributed by atoms with van der Waals surface area (Å²) in [5, 5.41) is 32.8. The van der Waals surface area contributed by atoms with Gasteiger partial charge in [-0.2, -0.15) is 10.4 Å². The lowest BCUT2D eigenvalue weighted by Crippen LogP contribution is -2.57. The molecule has 7 aromatic rings. The highest BCUT2D eigenvalue weighted by molar-refractivity contribution is 6.16. The molecule has 4 aliphatic rings. The quantitative estimate of drug-likeness (QED) is 0.158. The third kappa shape index (κ3) is 6.17. The Balaban J connectivity index is 1.34. The number of hydrogen-bond acceptors (Lipinski definition) is 10. The van der Waals surface area contributed by atoms with Crippen LogP contribution in [0.5, 0.6) is 5.75 Å². The molecule has 0 spiro atoms. The number of nitrogens with zero attached hydrogens (tertiary/aromatic N) is 10. The molecule has 1 aliphatic carbocycles. The van der Waals surface area contributed by atoms with Crippen molar-refractivity contribution in [3.8, 4) is 39.9 Å². The van der Waals surface area contributed by atoms with E-state index in [4.69, 9.17) is 15.1 Å². The third-order valence-electron chi connectivity index (χ3n) is 12.8. The maximum Gasteiger partial charge on any atom is 0.222 e. The molecule has 3 atom stereocenters. The van der Waals surface area contributed by atoms with Gasteiger partial charge < -0.3 is 29.7 Å². The second-order valence-corrected chi connectivity index (χ2v) is 16.8. The van der Waals surface area contributed by atoms with Crippen molar-refractivity contribution < 1.29 is 9.90 Å². The molecule has 13 heteroatoms. The van der Waals surface area contributed by atoms with Crippen molar-refractivity contribution >= 4 is 44.4 Å². The molecule has 13 nitrogen and oxygen atoms in total. The van der Waals surface area contributed by atoms with Gasteiger partial charge >= 0.3 is 0 Å². The zero-order valence-corrected chi connectivity index (χ0v) is 33.8. The Hall–Kier alpha value is -6.36. The van der Waals surface area contributed by atoms with Gasteiger partial charge in [0.15, 0.2) is 11.6 Å². The molecule has 2 bridgehead atoms. The van der Waals surface area contributed by atoms with E-state index in [2.05, 4.69) is 57.0 Å². The van der Waals surface area contributed by atoms with Gasteiger partial charge in [0.1, 0.15) is 17.1 Å². The number of aromatic hydroxyl groups is 1. The second-order valence-electron chi connectivity index (χ2n) is 16.8. The molecule has 4 aromatic heterocycles. The largest absolute Gasteiger partial charge is 0.508 e. The number of pyridine rings is 2. The zero-order valence-electron chi connectivity index (χ0n) is 33.8. The van der Waals surface area contributed by atoms with E-state index in [0.717, 1.165) is 98.2 Å². The van der Waals surface area contributed by atoms with Crippen LogP contribution in [0.25, 0.3) is 60.8 Å². The van der Waals surface area contributed by atoms with E-state index < -0.39 is 0 Å². The number of imidazole rings is 1. The lowest BCUT2D eigenvalue weighted by Gasteiger charge is -2.43. The number of rotatable bonds is 11. The Morgan fingerprint density at radius 1 is 0.983 bits per heavy atom. The predicted octanol–water partition coefficient (Wildman–Crippen LogP) is 6.12. The van der Waals surface area contributed by atoms with E-state index >= 15 is 0 Å². The van der Waals surface area contributed by atoms with Crippen LogP contribution in [-0.4, -0.2) is 110 Å². The highest BCUT2D eigenvalue weighted by Crippen LogP contribution is 2.51. The van der Waals surface area contributed by atoms with Gasteiger partial charge in [-0.3, -0.25) is 4.79 Å². The lowest BCUT2D eigenvalue weighted by atomic mass is 9.79. The van der Waals surface area contributed by atoms with Gasteiger partial charge in [-0.15, -0.1) is 0 Å². The monoisotopic (exact) mass is 785 g/mol. The average molecular weight is 786 g/mol. The first-order valence-electron chi connectivity index (χ1n) is 20.5. The Labute approximate surface area is 342 Å². The summed E-state index contributed by atoms with van der Waals surface area (Å²) in [7, 11) is 7.84. The fourth-order valence-corrected chi connectivity index (χ4v) is 9.58. The van der Waals surface area contributed by atoms with Crippen molar-refractivity contribution in [2.45, 2.75) is 50.2 Å². The number of phenolic OH excluding ortho intramolecular Hbond substituents is 1. The normalized spacial score (nSPS) is 18.8. The van der Waals surface area contributed by atoms with Crippen molar-refractivity contribution in [1.82, 2.24) is 44.4 Å². The molecular formula is C46H47N11O2. The van der Waals surface area contributed by atoms with Crippen LogP contribution >= 0.6 is 0 Å². The minimum absolute atomic E-state index is 0.0621. The summed E-state index contributed by atoms with van der Waals surface area (Å²) in [5.41, 5.74) is 7.07. The predicted molar refractivity (Wildman–Crippen MR) is 230 cm³/mol. The second kappa shape index (κ2) is 14.5. The highest BCUT2D eigenvalue weighted by Gasteiger charge is 2.49. The van der Waals surface area contributed by atoms with Crippen LogP contribution in [0.2, 0.25) is 0 Å². The maximum atomic E-state index is 13.1. The molecule has 59 heavy (non-hydrogen) atoms. The number of aromatic nitrogens is 6. The molecule has 1 amide bonds. The van der Waals surface area contributed by atoms with Gasteiger partial charge in [-0.05, 0) is 90.6 Å². The summed E-state index contributed by atoms with van der Waals surface area (Å²) >= 11 is 0. The number of likely N-dealkylation sites (N-methyl/N-ethyl adjacent to an activating group) is 1. The van der Waals surface area contributed by atoms with Crippen LogP contribution < -0.4 is 10.2 Å². The van der Waals surface area contributed by atoms with E-state index in [1.54, 1.807) is 35.9 Å². The standard InChI is InChI=1S/C46H47N11O2/c1-53(2)31-25-55(26-31)46-43-45(57(44-29-20-36(44)49-22-29)38(51-43)14-15-39(59)54(3)4)35-19-28(11-9-16-47)40(34-21-32(58)18-27-10-5-6-12-33(27)34)41(42(35)52-46)30-23-50-56(24-30)37-13-7-8-17-48-37/h5-8,10,12-13,17-19,21,23-24,29,31,36,44,49,58H,9,11,14-15,20,22,25-26H2,1-4H3. The van der Waals surface area contributed by atoms with Crippen molar-refractivity contribution in [2.75, 3.05) is 52.7 Å². The Morgan fingerprint density at radius 3 is 2.54 bits per heavy atom. The van der Waals surface area contributed by atoms with Crippen LogP contribution in [-0.2, 0) is 17.6 Å². The minimum Gasteiger partial charge on any atom is -0.508 e. The number of hydrogen-bond donors (Lipinski definition) is 2. The number of benzene rings is 3.